The van der Waals surface area contributed by atoms with Gasteiger partial charge in [-0.1, -0.05) is 0 Å². The molecule has 2 heterocycles. The Balaban J connectivity index is 1.60. The van der Waals surface area contributed by atoms with Gasteiger partial charge < -0.3 is 9.64 Å². The molecule has 136 valence electrons. The van der Waals surface area contributed by atoms with Crippen LogP contribution in [0.25, 0.3) is 0 Å². The minimum absolute atomic E-state index is 0.0940. The van der Waals surface area contributed by atoms with Gasteiger partial charge in [0.25, 0.3) is 5.91 Å². The molecular formula is C17H17F2N5O2. The van der Waals surface area contributed by atoms with Gasteiger partial charge in [0.1, 0.15) is 5.82 Å². The third-order valence-corrected chi connectivity index (χ3v) is 3.63. The summed E-state index contributed by atoms with van der Waals surface area (Å²) in [5.41, 5.74) is 1.14. The van der Waals surface area contributed by atoms with Crippen LogP contribution in [0.3, 0.4) is 0 Å². The van der Waals surface area contributed by atoms with Crippen LogP contribution in [-0.2, 0) is 20.3 Å². The number of amides is 1. The second-order valence-electron chi connectivity index (χ2n) is 5.77. The maximum absolute atomic E-state index is 13.5. The lowest BCUT2D eigenvalue weighted by Gasteiger charge is -2.14. The number of nitrogens with zero attached hydrogens (tertiary/aromatic N) is 5. The van der Waals surface area contributed by atoms with E-state index in [9.17, 15) is 13.6 Å². The highest BCUT2D eigenvalue weighted by atomic mass is 19.1. The molecule has 0 aliphatic carbocycles. The average Bonchev–Trinajstić information content (AvgIpc) is 3.22. The molecule has 0 N–H and O–H groups in total. The van der Waals surface area contributed by atoms with Crippen molar-refractivity contribution in [1.82, 2.24) is 24.5 Å². The van der Waals surface area contributed by atoms with Gasteiger partial charge >= 0.3 is 0 Å². The number of benzene rings is 1. The molecule has 0 radical (unpaired) electrons. The number of halogens is 2. The summed E-state index contributed by atoms with van der Waals surface area (Å²) in [5, 5.41) is 8.18. The smallest absolute Gasteiger partial charge is 0.274 e. The van der Waals surface area contributed by atoms with E-state index in [-0.39, 0.29) is 24.1 Å². The third-order valence-electron chi connectivity index (χ3n) is 3.63. The van der Waals surface area contributed by atoms with Crippen LogP contribution in [0.5, 0.6) is 5.75 Å². The summed E-state index contributed by atoms with van der Waals surface area (Å²) in [4.78, 5) is 13.9. The van der Waals surface area contributed by atoms with Crippen LogP contribution in [0.15, 0.2) is 42.9 Å². The first kappa shape index (κ1) is 17.6. The van der Waals surface area contributed by atoms with E-state index in [0.29, 0.717) is 6.54 Å². The first-order chi connectivity index (χ1) is 12.4. The summed E-state index contributed by atoms with van der Waals surface area (Å²) in [5.74, 6) is -1.84. The fourth-order valence-corrected chi connectivity index (χ4v) is 2.37. The van der Waals surface area contributed by atoms with Crippen LogP contribution < -0.4 is 4.74 Å². The number of carbonyl (C=O) groups excluding carboxylic acids is 1. The van der Waals surface area contributed by atoms with E-state index in [0.717, 1.165) is 17.7 Å². The van der Waals surface area contributed by atoms with Crippen molar-refractivity contribution in [3.05, 3.63) is 65.7 Å². The molecule has 0 saturated carbocycles. The predicted octanol–water partition coefficient (Wildman–Crippen LogP) is 2.20. The quantitative estimate of drug-likeness (QED) is 0.675. The van der Waals surface area contributed by atoms with Crippen LogP contribution in [0, 0.1) is 11.6 Å². The highest BCUT2D eigenvalue weighted by Gasteiger charge is 2.16. The van der Waals surface area contributed by atoms with E-state index in [1.807, 2.05) is 6.20 Å². The topological polar surface area (TPSA) is 65.2 Å². The molecule has 1 amide bonds. The number of hydrogen-bond acceptors (Lipinski definition) is 4. The van der Waals surface area contributed by atoms with Gasteiger partial charge in [-0.2, -0.15) is 10.2 Å². The molecule has 26 heavy (non-hydrogen) atoms. The Morgan fingerprint density at radius 3 is 2.81 bits per heavy atom. The molecule has 0 atom stereocenters. The molecule has 0 saturated heterocycles. The van der Waals surface area contributed by atoms with E-state index in [1.54, 1.807) is 37.2 Å². The Morgan fingerprint density at radius 1 is 1.31 bits per heavy atom. The van der Waals surface area contributed by atoms with Gasteiger partial charge in [0.2, 0.25) is 0 Å². The maximum atomic E-state index is 13.5. The van der Waals surface area contributed by atoms with Crippen molar-refractivity contribution in [3.63, 3.8) is 0 Å². The van der Waals surface area contributed by atoms with Gasteiger partial charge in [-0.05, 0) is 18.2 Å². The van der Waals surface area contributed by atoms with Crippen LogP contribution in [0.1, 0.15) is 16.1 Å². The first-order valence-corrected chi connectivity index (χ1v) is 7.76. The monoisotopic (exact) mass is 361 g/mol. The maximum Gasteiger partial charge on any atom is 0.274 e. The molecule has 0 fully saturated rings. The number of carbonyl (C=O) groups is 1. The lowest BCUT2D eigenvalue weighted by atomic mass is 10.3. The van der Waals surface area contributed by atoms with Gasteiger partial charge in [0.05, 0.1) is 6.20 Å². The summed E-state index contributed by atoms with van der Waals surface area (Å²) >= 11 is 0. The standard InChI is InChI=1S/C17H17F2N5O2/c1-22(9-12-8-20-23(2)10-12)17(25)15-5-6-24(21-15)11-26-16-4-3-13(18)7-14(16)19/h3-8,10H,9,11H2,1-2H3. The molecule has 0 aliphatic heterocycles. The molecule has 0 unspecified atom stereocenters. The minimum Gasteiger partial charge on any atom is -0.468 e. The molecule has 0 bridgehead atoms. The molecule has 2 aromatic heterocycles. The van der Waals surface area contributed by atoms with Gasteiger partial charge in [-0.3, -0.25) is 9.48 Å². The van der Waals surface area contributed by atoms with Crippen molar-refractivity contribution < 1.29 is 18.3 Å². The van der Waals surface area contributed by atoms with Crippen molar-refractivity contribution in [2.45, 2.75) is 13.3 Å². The van der Waals surface area contributed by atoms with Crippen molar-refractivity contribution in [2.75, 3.05) is 7.05 Å². The van der Waals surface area contributed by atoms with Crippen molar-refractivity contribution in [3.8, 4) is 5.75 Å². The third kappa shape index (κ3) is 4.05. The molecular weight excluding hydrogens is 344 g/mol. The largest absolute Gasteiger partial charge is 0.468 e. The van der Waals surface area contributed by atoms with Gasteiger partial charge in [-0.15, -0.1) is 0 Å². The van der Waals surface area contributed by atoms with Crippen LogP contribution in [-0.4, -0.2) is 37.4 Å². The summed E-state index contributed by atoms with van der Waals surface area (Å²) < 4.78 is 34.7. The van der Waals surface area contributed by atoms with E-state index < -0.39 is 11.6 Å². The zero-order valence-electron chi connectivity index (χ0n) is 14.3. The zero-order chi connectivity index (χ0) is 18.7. The molecule has 1 aromatic carbocycles. The van der Waals surface area contributed by atoms with Crippen molar-refractivity contribution >= 4 is 5.91 Å². The summed E-state index contributed by atoms with van der Waals surface area (Å²) in [6, 6.07) is 4.58. The molecule has 9 heteroatoms. The van der Waals surface area contributed by atoms with Crippen LogP contribution in [0.2, 0.25) is 0 Å². The molecule has 0 aliphatic rings. The second kappa shape index (κ2) is 7.34. The van der Waals surface area contributed by atoms with E-state index in [4.69, 9.17) is 4.74 Å². The van der Waals surface area contributed by atoms with Crippen molar-refractivity contribution in [2.24, 2.45) is 7.05 Å². The minimum atomic E-state index is -0.801. The fourth-order valence-electron chi connectivity index (χ4n) is 2.37. The summed E-state index contributed by atoms with van der Waals surface area (Å²) in [6.45, 7) is 0.291. The number of aromatic nitrogens is 4. The SMILES string of the molecule is CN(Cc1cnn(C)c1)C(=O)c1ccn(COc2ccc(F)cc2F)n1. The van der Waals surface area contributed by atoms with E-state index in [1.165, 1.54) is 15.6 Å². The summed E-state index contributed by atoms with van der Waals surface area (Å²) in [6.07, 6.45) is 5.06. The molecule has 3 aromatic rings. The van der Waals surface area contributed by atoms with E-state index >= 15 is 0 Å². The second-order valence-corrected chi connectivity index (χ2v) is 5.77. The number of ether oxygens (including phenoxy) is 1. The summed E-state index contributed by atoms with van der Waals surface area (Å²) in [7, 11) is 3.47. The van der Waals surface area contributed by atoms with Gasteiger partial charge in [0, 0.05) is 44.7 Å². The van der Waals surface area contributed by atoms with Crippen LogP contribution in [0.4, 0.5) is 8.78 Å². The normalized spacial score (nSPS) is 10.8. The zero-order valence-corrected chi connectivity index (χ0v) is 14.3. The number of hydrogen-bond donors (Lipinski definition) is 0. The number of aryl methyl sites for hydroxylation is 1. The first-order valence-electron chi connectivity index (χ1n) is 7.76. The molecule has 7 nitrogen and oxygen atoms in total. The fraction of sp³-hybridized carbons (Fsp3) is 0.235. The lowest BCUT2D eigenvalue weighted by Crippen LogP contribution is -2.26. The van der Waals surface area contributed by atoms with Crippen molar-refractivity contribution in [1.29, 1.82) is 0 Å². The lowest BCUT2D eigenvalue weighted by molar-refractivity contribution is 0.0777. The highest BCUT2D eigenvalue weighted by molar-refractivity contribution is 5.91. The van der Waals surface area contributed by atoms with Crippen LogP contribution >= 0.6 is 0 Å². The Morgan fingerprint density at radius 2 is 2.12 bits per heavy atom. The van der Waals surface area contributed by atoms with Gasteiger partial charge in [-0.25, -0.2) is 13.5 Å². The highest BCUT2D eigenvalue weighted by Crippen LogP contribution is 2.18. The number of rotatable bonds is 6. The Labute approximate surface area is 148 Å². The Bertz CT molecular complexity index is 922. The Kier molecular flexibility index (Phi) is 4.97. The predicted molar refractivity (Wildman–Crippen MR) is 88.2 cm³/mol. The molecule has 0 spiro atoms. The molecule has 3 rings (SSSR count). The van der Waals surface area contributed by atoms with Gasteiger partial charge in [0.15, 0.2) is 24.0 Å². The Hall–Kier alpha value is -3.23. The van der Waals surface area contributed by atoms with E-state index in [2.05, 4.69) is 10.2 Å². The average molecular weight is 361 g/mol.